The fraction of sp³-hybridized carbons (Fsp3) is 0.409. The highest BCUT2D eigenvalue weighted by molar-refractivity contribution is 6.06. The molecule has 146 valence electrons. The zero-order valence-electron chi connectivity index (χ0n) is 17.0. The van der Waals surface area contributed by atoms with Crippen LogP contribution in [0.15, 0.2) is 30.3 Å². The van der Waals surface area contributed by atoms with Crippen molar-refractivity contribution in [3.05, 3.63) is 58.4 Å². The first-order chi connectivity index (χ1) is 13.4. The van der Waals surface area contributed by atoms with Crippen LogP contribution in [0.5, 0.6) is 0 Å². The normalized spacial score (nSPS) is 14.0. The molecule has 0 bridgehead atoms. The maximum atomic E-state index is 13.1. The Kier molecular flexibility index (Phi) is 4.89. The molecule has 1 fully saturated rings. The van der Waals surface area contributed by atoms with E-state index in [2.05, 4.69) is 27.4 Å². The molecule has 1 aliphatic carbocycles. The number of pyridine rings is 1. The van der Waals surface area contributed by atoms with E-state index in [1.54, 1.807) is 4.68 Å². The molecule has 1 aromatic carbocycles. The minimum absolute atomic E-state index is 0.0648. The number of hydrogen-bond acceptors (Lipinski definition) is 4. The molecule has 1 amide bonds. The molecule has 0 atom stereocenters. The fourth-order valence-electron chi connectivity index (χ4n) is 3.73. The van der Waals surface area contributed by atoms with Gasteiger partial charge in [-0.3, -0.25) is 9.48 Å². The van der Waals surface area contributed by atoms with Crippen molar-refractivity contribution >= 4 is 16.9 Å². The van der Waals surface area contributed by atoms with Gasteiger partial charge in [-0.15, -0.1) is 0 Å². The summed E-state index contributed by atoms with van der Waals surface area (Å²) < 4.78 is 1.78. The van der Waals surface area contributed by atoms with Crippen LogP contribution in [0.3, 0.4) is 0 Å². The number of aromatic nitrogens is 3. The van der Waals surface area contributed by atoms with Crippen molar-refractivity contribution in [1.29, 1.82) is 0 Å². The van der Waals surface area contributed by atoms with Gasteiger partial charge in [-0.25, -0.2) is 4.98 Å². The molecule has 2 heterocycles. The molecule has 6 heteroatoms. The van der Waals surface area contributed by atoms with Gasteiger partial charge in [0.05, 0.1) is 16.6 Å². The first kappa shape index (κ1) is 18.6. The minimum atomic E-state index is -0.0648. The second kappa shape index (κ2) is 7.36. The lowest BCUT2D eigenvalue weighted by atomic mass is 10.1. The molecule has 1 saturated carbocycles. The van der Waals surface area contributed by atoms with E-state index in [9.17, 15) is 4.79 Å². The maximum absolute atomic E-state index is 13.1. The summed E-state index contributed by atoms with van der Waals surface area (Å²) in [5.74, 6) is 0.414. The van der Waals surface area contributed by atoms with Crippen LogP contribution in [0, 0.1) is 6.92 Å². The van der Waals surface area contributed by atoms with E-state index in [-0.39, 0.29) is 5.91 Å². The van der Waals surface area contributed by atoms with E-state index >= 15 is 0 Å². The number of carbonyl (C=O) groups is 1. The molecule has 2 aromatic heterocycles. The topological polar surface area (TPSA) is 63.1 Å². The van der Waals surface area contributed by atoms with Crippen molar-refractivity contribution in [2.45, 2.75) is 38.8 Å². The summed E-state index contributed by atoms with van der Waals surface area (Å²) in [7, 11) is 5.99. The Hall–Kier alpha value is -2.73. The summed E-state index contributed by atoms with van der Waals surface area (Å²) in [6, 6.07) is 10.2. The number of fused-ring (bicyclic) bond motifs is 1. The van der Waals surface area contributed by atoms with E-state index in [1.165, 1.54) is 5.56 Å². The lowest BCUT2D eigenvalue weighted by Gasteiger charge is -2.15. The number of amides is 1. The molecule has 1 N–H and O–H groups in total. The number of hydrogen-bond donors (Lipinski definition) is 1. The number of aryl methyl sites for hydroxylation is 2. The van der Waals surface area contributed by atoms with Crippen LogP contribution in [0.2, 0.25) is 0 Å². The summed E-state index contributed by atoms with van der Waals surface area (Å²) in [6.45, 7) is 3.29. The van der Waals surface area contributed by atoms with E-state index in [1.807, 2.05) is 46.3 Å². The highest BCUT2D eigenvalue weighted by atomic mass is 16.1. The second-order valence-corrected chi connectivity index (χ2v) is 7.97. The first-order valence-electron chi connectivity index (χ1n) is 9.78. The van der Waals surface area contributed by atoms with Gasteiger partial charge in [0.2, 0.25) is 0 Å². The van der Waals surface area contributed by atoms with Gasteiger partial charge in [-0.05, 0) is 51.1 Å². The average molecular weight is 377 g/mol. The zero-order valence-corrected chi connectivity index (χ0v) is 17.0. The first-order valence-corrected chi connectivity index (χ1v) is 9.78. The van der Waals surface area contributed by atoms with Gasteiger partial charge in [-0.2, -0.15) is 5.10 Å². The van der Waals surface area contributed by atoms with Crippen molar-refractivity contribution in [3.8, 4) is 0 Å². The van der Waals surface area contributed by atoms with E-state index < -0.39 is 0 Å². The van der Waals surface area contributed by atoms with Crippen molar-refractivity contribution in [3.63, 3.8) is 0 Å². The summed E-state index contributed by atoms with van der Waals surface area (Å²) in [6.07, 6.45) is 2.29. The van der Waals surface area contributed by atoms with Crippen molar-refractivity contribution in [1.82, 2.24) is 25.0 Å². The Morgan fingerprint density at radius 1 is 1.25 bits per heavy atom. The summed E-state index contributed by atoms with van der Waals surface area (Å²) in [5, 5.41) is 8.46. The molecule has 4 rings (SSSR count). The molecule has 0 radical (unpaired) electrons. The van der Waals surface area contributed by atoms with Crippen LogP contribution in [-0.2, 0) is 20.1 Å². The Labute approximate surface area is 165 Å². The van der Waals surface area contributed by atoms with E-state index in [4.69, 9.17) is 4.98 Å². The predicted octanol–water partition coefficient (Wildman–Crippen LogP) is 3.15. The average Bonchev–Trinajstić information content (AvgIpc) is 3.46. The molecule has 0 saturated heterocycles. The Morgan fingerprint density at radius 2 is 1.96 bits per heavy atom. The van der Waals surface area contributed by atoms with Gasteiger partial charge in [-0.1, -0.05) is 24.3 Å². The summed E-state index contributed by atoms with van der Waals surface area (Å²) >= 11 is 0. The minimum Gasteiger partial charge on any atom is -0.348 e. The van der Waals surface area contributed by atoms with Crippen LogP contribution in [0.25, 0.3) is 11.0 Å². The molecular weight excluding hydrogens is 350 g/mol. The molecule has 1 aliphatic rings. The Morgan fingerprint density at radius 3 is 2.64 bits per heavy atom. The van der Waals surface area contributed by atoms with Crippen molar-refractivity contribution < 1.29 is 4.79 Å². The highest BCUT2D eigenvalue weighted by Crippen LogP contribution is 2.40. The van der Waals surface area contributed by atoms with Crippen LogP contribution in [-0.4, -0.2) is 39.7 Å². The van der Waals surface area contributed by atoms with Gasteiger partial charge in [0.15, 0.2) is 5.65 Å². The lowest BCUT2D eigenvalue weighted by Crippen LogP contribution is -2.24. The molecule has 0 unspecified atom stereocenters. The van der Waals surface area contributed by atoms with E-state index in [0.29, 0.717) is 18.0 Å². The number of nitrogens with zero attached hydrogens (tertiary/aromatic N) is 4. The van der Waals surface area contributed by atoms with Gasteiger partial charge in [0.1, 0.15) is 0 Å². The van der Waals surface area contributed by atoms with E-state index in [0.717, 1.165) is 47.4 Å². The number of carbonyl (C=O) groups excluding carboxylic acids is 1. The molecule has 0 spiro atoms. The number of nitrogens with one attached hydrogen (secondary N) is 1. The number of rotatable bonds is 6. The zero-order chi connectivity index (χ0) is 19.8. The predicted molar refractivity (Wildman–Crippen MR) is 110 cm³/mol. The summed E-state index contributed by atoms with van der Waals surface area (Å²) in [4.78, 5) is 20.0. The third kappa shape index (κ3) is 3.64. The van der Waals surface area contributed by atoms with Gasteiger partial charge in [0, 0.05) is 31.7 Å². The molecule has 6 nitrogen and oxygen atoms in total. The van der Waals surface area contributed by atoms with Gasteiger partial charge < -0.3 is 10.2 Å². The summed E-state index contributed by atoms with van der Waals surface area (Å²) in [5.41, 5.74) is 5.69. The van der Waals surface area contributed by atoms with Crippen molar-refractivity contribution in [2.24, 2.45) is 7.05 Å². The monoisotopic (exact) mass is 377 g/mol. The van der Waals surface area contributed by atoms with Crippen molar-refractivity contribution in [2.75, 3.05) is 14.1 Å². The standard InChI is InChI=1S/C22H27N5O/c1-14-20-18(11-19(15-9-10-15)24-21(20)27(4)25-14)22(28)23-12-16-7-5-6-8-17(16)13-26(2)3/h5-8,11,15H,9-10,12-13H2,1-4H3,(H,23,28). The molecule has 28 heavy (non-hydrogen) atoms. The maximum Gasteiger partial charge on any atom is 0.252 e. The fourth-order valence-corrected chi connectivity index (χ4v) is 3.73. The smallest absolute Gasteiger partial charge is 0.252 e. The third-order valence-corrected chi connectivity index (χ3v) is 5.27. The second-order valence-electron chi connectivity index (χ2n) is 7.97. The van der Waals surface area contributed by atoms with Gasteiger partial charge in [0.25, 0.3) is 5.91 Å². The van der Waals surface area contributed by atoms with Crippen LogP contribution in [0.4, 0.5) is 0 Å². The Bertz CT molecular complexity index is 1030. The molecular formula is C22H27N5O. The van der Waals surface area contributed by atoms with Crippen LogP contribution in [0.1, 0.15) is 51.6 Å². The SMILES string of the molecule is Cc1nn(C)c2nc(C3CC3)cc(C(=O)NCc3ccccc3CN(C)C)c12. The van der Waals surface area contributed by atoms with Crippen LogP contribution >= 0.6 is 0 Å². The molecule has 3 aromatic rings. The molecule has 0 aliphatic heterocycles. The Balaban J connectivity index is 1.63. The van der Waals surface area contributed by atoms with Crippen LogP contribution < -0.4 is 5.32 Å². The quantitative estimate of drug-likeness (QED) is 0.717. The number of benzene rings is 1. The lowest BCUT2D eigenvalue weighted by molar-refractivity contribution is 0.0952. The largest absolute Gasteiger partial charge is 0.348 e. The highest BCUT2D eigenvalue weighted by Gasteiger charge is 2.28. The van der Waals surface area contributed by atoms with Gasteiger partial charge >= 0.3 is 0 Å². The third-order valence-electron chi connectivity index (χ3n) is 5.27.